The molecule has 0 aliphatic heterocycles. The van der Waals surface area contributed by atoms with Crippen LogP contribution in [0.2, 0.25) is 5.02 Å². The van der Waals surface area contributed by atoms with Gasteiger partial charge < -0.3 is 5.32 Å². The predicted octanol–water partition coefficient (Wildman–Crippen LogP) is 4.03. The van der Waals surface area contributed by atoms with E-state index in [2.05, 4.69) is 15.7 Å². The van der Waals surface area contributed by atoms with Gasteiger partial charge in [-0.25, -0.2) is 10.8 Å². The van der Waals surface area contributed by atoms with Crippen LogP contribution in [-0.4, -0.2) is 10.9 Å². The number of amides is 1. The normalized spacial score (nSPS) is 10.8. The minimum Gasteiger partial charge on any atom is -0.325 e. The second-order valence-electron chi connectivity index (χ2n) is 5.56. The molecule has 0 unspecified atom stereocenters. The lowest BCUT2D eigenvalue weighted by atomic mass is 10.1. The van der Waals surface area contributed by atoms with Gasteiger partial charge in [0.25, 0.3) is 0 Å². The van der Waals surface area contributed by atoms with Crippen molar-refractivity contribution in [2.24, 2.45) is 5.84 Å². The molecule has 0 spiro atoms. The van der Waals surface area contributed by atoms with Gasteiger partial charge in [0.05, 0.1) is 16.6 Å². The number of carbonyl (C=O) groups excluding carboxylic acids is 1. The van der Waals surface area contributed by atoms with Gasteiger partial charge in [0, 0.05) is 10.7 Å². The minimum atomic E-state index is -0.0652. The number of aryl methyl sites for hydroxylation is 2. The lowest BCUT2D eigenvalue weighted by Gasteiger charge is -2.12. The molecule has 1 heterocycles. The molecule has 5 nitrogen and oxygen atoms in total. The Bertz CT molecular complexity index is 905. The van der Waals surface area contributed by atoms with Crippen molar-refractivity contribution >= 4 is 49.9 Å². The number of nitrogens with one attached hydrogen (secondary N) is 2. The number of hydrogen-bond acceptors (Lipinski definition) is 5. The summed E-state index contributed by atoms with van der Waals surface area (Å²) in [6.07, 6.45) is 0.298. The molecule has 4 N–H and O–H groups in total. The fraction of sp³-hybridized carbons (Fsp3) is 0.176. The van der Waals surface area contributed by atoms with Crippen molar-refractivity contribution < 1.29 is 4.79 Å². The number of hydrazine groups is 1. The molecule has 1 aromatic heterocycles. The van der Waals surface area contributed by atoms with E-state index in [1.165, 1.54) is 11.3 Å². The van der Waals surface area contributed by atoms with Crippen LogP contribution in [-0.2, 0) is 11.2 Å². The molecular weight excluding hydrogens is 344 g/mol. The van der Waals surface area contributed by atoms with E-state index >= 15 is 0 Å². The number of nitrogens with two attached hydrogens (primary N) is 1. The van der Waals surface area contributed by atoms with Crippen LogP contribution in [0.5, 0.6) is 0 Å². The van der Waals surface area contributed by atoms with Gasteiger partial charge in [-0.3, -0.25) is 10.2 Å². The SMILES string of the molecule is Cc1cc2nc(NN)sc2c(C)c1NC(=O)Cc1ccc(Cl)cc1. The highest BCUT2D eigenvalue weighted by Crippen LogP contribution is 2.34. The average molecular weight is 361 g/mol. The highest BCUT2D eigenvalue weighted by molar-refractivity contribution is 7.22. The fourth-order valence-corrected chi connectivity index (χ4v) is 3.60. The Kier molecular flexibility index (Phi) is 4.71. The first-order chi connectivity index (χ1) is 11.5. The largest absolute Gasteiger partial charge is 0.325 e. The summed E-state index contributed by atoms with van der Waals surface area (Å²) < 4.78 is 1.01. The van der Waals surface area contributed by atoms with Crippen LogP contribution in [0.25, 0.3) is 10.2 Å². The van der Waals surface area contributed by atoms with Gasteiger partial charge in [0.2, 0.25) is 5.91 Å². The lowest BCUT2D eigenvalue weighted by molar-refractivity contribution is -0.115. The summed E-state index contributed by atoms with van der Waals surface area (Å²) in [5.41, 5.74) is 7.15. The molecule has 7 heteroatoms. The summed E-state index contributed by atoms with van der Waals surface area (Å²) in [7, 11) is 0. The van der Waals surface area contributed by atoms with Crippen LogP contribution in [0.15, 0.2) is 30.3 Å². The van der Waals surface area contributed by atoms with E-state index in [4.69, 9.17) is 17.4 Å². The van der Waals surface area contributed by atoms with Crippen molar-refractivity contribution in [3.63, 3.8) is 0 Å². The Balaban J connectivity index is 1.86. The van der Waals surface area contributed by atoms with Crippen LogP contribution in [0.4, 0.5) is 10.8 Å². The van der Waals surface area contributed by atoms with Crippen molar-refractivity contribution in [2.75, 3.05) is 10.7 Å². The van der Waals surface area contributed by atoms with Crippen molar-refractivity contribution in [3.05, 3.63) is 52.0 Å². The zero-order chi connectivity index (χ0) is 17.3. The maximum Gasteiger partial charge on any atom is 0.228 e. The molecule has 3 rings (SSSR count). The average Bonchev–Trinajstić information content (AvgIpc) is 2.97. The van der Waals surface area contributed by atoms with E-state index in [9.17, 15) is 4.79 Å². The van der Waals surface area contributed by atoms with Crippen LogP contribution < -0.4 is 16.6 Å². The number of thiazole rings is 1. The molecule has 2 aromatic carbocycles. The molecule has 0 saturated carbocycles. The van der Waals surface area contributed by atoms with Gasteiger partial charge in [0.1, 0.15) is 0 Å². The Labute approximate surface area is 148 Å². The molecule has 24 heavy (non-hydrogen) atoms. The zero-order valence-electron chi connectivity index (χ0n) is 13.3. The van der Waals surface area contributed by atoms with Crippen molar-refractivity contribution in [2.45, 2.75) is 20.3 Å². The first kappa shape index (κ1) is 16.7. The maximum atomic E-state index is 12.4. The molecule has 0 radical (unpaired) electrons. The monoisotopic (exact) mass is 360 g/mol. The van der Waals surface area contributed by atoms with Crippen molar-refractivity contribution in [3.8, 4) is 0 Å². The highest BCUT2D eigenvalue weighted by Gasteiger charge is 2.14. The number of hydrogen-bond donors (Lipinski definition) is 3. The third kappa shape index (κ3) is 3.36. The number of aromatic nitrogens is 1. The van der Waals surface area contributed by atoms with Crippen molar-refractivity contribution in [1.29, 1.82) is 0 Å². The molecule has 124 valence electrons. The van der Waals surface area contributed by atoms with E-state index < -0.39 is 0 Å². The Morgan fingerprint density at radius 2 is 2.00 bits per heavy atom. The van der Waals surface area contributed by atoms with E-state index in [1.54, 1.807) is 12.1 Å². The van der Waals surface area contributed by atoms with Crippen LogP contribution in [0.3, 0.4) is 0 Å². The van der Waals surface area contributed by atoms with Gasteiger partial charge in [-0.15, -0.1) is 0 Å². The number of nitrogens with zero attached hydrogens (tertiary/aromatic N) is 1. The number of rotatable bonds is 4. The lowest BCUT2D eigenvalue weighted by Crippen LogP contribution is -2.16. The number of halogens is 1. The number of nitrogen functional groups attached to an aromatic ring is 1. The molecule has 0 aliphatic rings. The number of anilines is 2. The smallest absolute Gasteiger partial charge is 0.228 e. The van der Waals surface area contributed by atoms with E-state index in [0.717, 1.165) is 32.6 Å². The Hall–Kier alpha value is -2.15. The molecule has 0 bridgehead atoms. The van der Waals surface area contributed by atoms with Gasteiger partial charge in [0.15, 0.2) is 5.13 Å². The molecule has 1 amide bonds. The quantitative estimate of drug-likeness (QED) is 0.484. The fourth-order valence-electron chi connectivity index (χ4n) is 2.61. The summed E-state index contributed by atoms with van der Waals surface area (Å²) in [4.78, 5) is 16.8. The summed E-state index contributed by atoms with van der Waals surface area (Å²) in [5, 5.41) is 4.32. The minimum absolute atomic E-state index is 0.0652. The van der Waals surface area contributed by atoms with Crippen LogP contribution in [0.1, 0.15) is 16.7 Å². The van der Waals surface area contributed by atoms with Crippen LogP contribution in [0, 0.1) is 13.8 Å². The third-order valence-electron chi connectivity index (χ3n) is 3.78. The Morgan fingerprint density at radius 3 is 2.67 bits per heavy atom. The van der Waals surface area contributed by atoms with Crippen LogP contribution >= 0.6 is 22.9 Å². The van der Waals surface area contributed by atoms with E-state index in [-0.39, 0.29) is 5.91 Å². The summed E-state index contributed by atoms with van der Waals surface area (Å²) >= 11 is 7.34. The number of fused-ring (bicyclic) bond motifs is 1. The first-order valence-electron chi connectivity index (χ1n) is 7.39. The number of benzene rings is 2. The standard InChI is InChI=1S/C17H17ClN4OS/c1-9-7-13-16(24-17(20-13)22-19)10(2)15(9)21-14(23)8-11-3-5-12(18)6-4-11/h3-7H,8,19H2,1-2H3,(H,20,22)(H,21,23). The summed E-state index contributed by atoms with van der Waals surface area (Å²) in [6.45, 7) is 3.94. The van der Waals surface area contributed by atoms with E-state index in [0.29, 0.717) is 16.6 Å². The predicted molar refractivity (Wildman–Crippen MR) is 101 cm³/mol. The van der Waals surface area contributed by atoms with Crippen molar-refractivity contribution in [1.82, 2.24) is 4.98 Å². The molecule has 3 aromatic rings. The third-order valence-corrected chi connectivity index (χ3v) is 5.16. The molecule has 0 saturated heterocycles. The van der Waals surface area contributed by atoms with Gasteiger partial charge in [-0.05, 0) is 48.7 Å². The van der Waals surface area contributed by atoms with Gasteiger partial charge in [-0.1, -0.05) is 35.1 Å². The molecule has 0 atom stereocenters. The zero-order valence-corrected chi connectivity index (χ0v) is 14.9. The highest BCUT2D eigenvalue weighted by atomic mass is 35.5. The molecular formula is C17H17ClN4OS. The second kappa shape index (κ2) is 6.76. The Morgan fingerprint density at radius 1 is 1.29 bits per heavy atom. The molecule has 0 fully saturated rings. The van der Waals surface area contributed by atoms with E-state index in [1.807, 2.05) is 32.0 Å². The number of carbonyl (C=O) groups is 1. The second-order valence-corrected chi connectivity index (χ2v) is 6.99. The molecule has 0 aliphatic carbocycles. The van der Waals surface area contributed by atoms with Gasteiger partial charge >= 0.3 is 0 Å². The first-order valence-corrected chi connectivity index (χ1v) is 8.59. The maximum absolute atomic E-state index is 12.4. The topological polar surface area (TPSA) is 80.0 Å². The van der Waals surface area contributed by atoms with Gasteiger partial charge in [-0.2, -0.15) is 0 Å². The summed E-state index contributed by atoms with van der Waals surface area (Å²) in [6, 6.07) is 9.23. The summed E-state index contributed by atoms with van der Waals surface area (Å²) in [5.74, 6) is 5.37.